The zero-order valence-electron chi connectivity index (χ0n) is 12.8. The van der Waals surface area contributed by atoms with Crippen LogP contribution in [0.2, 0.25) is 0 Å². The van der Waals surface area contributed by atoms with Crippen molar-refractivity contribution in [2.24, 2.45) is 5.92 Å². The van der Waals surface area contributed by atoms with E-state index in [1.807, 2.05) is 0 Å². The van der Waals surface area contributed by atoms with E-state index in [-0.39, 0.29) is 23.2 Å². The van der Waals surface area contributed by atoms with Gasteiger partial charge in [0.2, 0.25) is 5.91 Å². The number of hydrogen-bond acceptors (Lipinski definition) is 5. The summed E-state index contributed by atoms with van der Waals surface area (Å²) >= 11 is 1.19. The molecular weight excluding hydrogens is 340 g/mol. The van der Waals surface area contributed by atoms with Gasteiger partial charge in [-0.2, -0.15) is 4.31 Å². The van der Waals surface area contributed by atoms with E-state index in [4.69, 9.17) is 5.11 Å². The van der Waals surface area contributed by atoms with E-state index >= 15 is 0 Å². The predicted molar refractivity (Wildman–Crippen MR) is 85.8 cm³/mol. The van der Waals surface area contributed by atoms with Crippen molar-refractivity contribution in [3.63, 3.8) is 0 Å². The first-order valence-corrected chi connectivity index (χ1v) is 9.62. The summed E-state index contributed by atoms with van der Waals surface area (Å²) in [7, 11) is -3.56. The molecule has 0 aromatic carbocycles. The van der Waals surface area contributed by atoms with Crippen LogP contribution in [0.4, 0.5) is 0 Å². The lowest BCUT2D eigenvalue weighted by atomic mass is 9.99. The van der Waals surface area contributed by atoms with E-state index < -0.39 is 21.9 Å². The maximum absolute atomic E-state index is 12.6. The van der Waals surface area contributed by atoms with E-state index in [0.29, 0.717) is 25.8 Å². The number of carbonyl (C=O) groups excluding carboxylic acids is 1. The fourth-order valence-corrected chi connectivity index (χ4v) is 5.44. The highest BCUT2D eigenvalue weighted by molar-refractivity contribution is 7.91. The third kappa shape index (κ3) is 4.52. The Morgan fingerprint density at radius 2 is 2.00 bits per heavy atom. The molecule has 1 aromatic rings. The molecule has 0 aliphatic carbocycles. The highest BCUT2D eigenvalue weighted by Crippen LogP contribution is 2.28. The molecule has 1 amide bonds. The Labute approximate surface area is 139 Å². The Kier molecular flexibility index (Phi) is 5.77. The van der Waals surface area contributed by atoms with Gasteiger partial charge in [-0.15, -0.1) is 11.3 Å². The van der Waals surface area contributed by atoms with Crippen LogP contribution >= 0.6 is 11.3 Å². The van der Waals surface area contributed by atoms with Gasteiger partial charge in [-0.1, -0.05) is 0 Å². The Hall–Kier alpha value is -1.45. The average molecular weight is 360 g/mol. The van der Waals surface area contributed by atoms with E-state index in [2.05, 4.69) is 5.32 Å². The number of rotatable bonds is 6. The van der Waals surface area contributed by atoms with E-state index in [1.54, 1.807) is 12.1 Å². The summed E-state index contributed by atoms with van der Waals surface area (Å²) in [5, 5.41) is 11.6. The summed E-state index contributed by atoms with van der Waals surface area (Å²) in [5.41, 5.74) is 0. The van der Waals surface area contributed by atoms with Crippen LogP contribution in [0.5, 0.6) is 0 Å². The molecule has 0 saturated carbocycles. The number of amides is 1. The molecule has 0 unspecified atom stereocenters. The van der Waals surface area contributed by atoms with E-state index in [9.17, 15) is 18.0 Å². The van der Waals surface area contributed by atoms with Crippen molar-refractivity contribution in [3.8, 4) is 0 Å². The number of hydrogen-bond donors (Lipinski definition) is 2. The minimum Gasteiger partial charge on any atom is -0.481 e. The van der Waals surface area contributed by atoms with Gasteiger partial charge in [0.05, 0.1) is 5.92 Å². The van der Waals surface area contributed by atoms with Crippen molar-refractivity contribution >= 4 is 33.2 Å². The molecule has 9 heteroatoms. The first-order valence-electron chi connectivity index (χ1n) is 7.37. The third-order valence-electron chi connectivity index (χ3n) is 3.78. The lowest BCUT2D eigenvalue weighted by Crippen LogP contribution is -2.39. The largest absolute Gasteiger partial charge is 0.481 e. The Morgan fingerprint density at radius 3 is 2.57 bits per heavy atom. The predicted octanol–water partition coefficient (Wildman–Crippen LogP) is 0.912. The lowest BCUT2D eigenvalue weighted by molar-refractivity contribution is -0.143. The van der Waals surface area contributed by atoms with Crippen molar-refractivity contribution < 1.29 is 23.1 Å². The zero-order valence-corrected chi connectivity index (χ0v) is 14.5. The van der Waals surface area contributed by atoms with Crippen LogP contribution in [0.25, 0.3) is 0 Å². The van der Waals surface area contributed by atoms with Crippen molar-refractivity contribution in [1.82, 2.24) is 9.62 Å². The number of aliphatic carboxylic acids is 1. The van der Waals surface area contributed by atoms with Crippen molar-refractivity contribution in [1.29, 1.82) is 0 Å². The topological polar surface area (TPSA) is 104 Å². The summed E-state index contributed by atoms with van der Waals surface area (Å²) < 4.78 is 26.8. The fraction of sp³-hybridized carbons (Fsp3) is 0.571. The standard InChI is InChI=1S/C14H20N2O5S2/c1-10(17)15-7-4-12-2-3-13(22-12)23(20,21)16-8-5-11(6-9-16)14(18)19/h2-3,11H,4-9H2,1H3,(H,15,17)(H,18,19). The Morgan fingerprint density at radius 1 is 1.35 bits per heavy atom. The minimum atomic E-state index is -3.56. The van der Waals surface area contributed by atoms with Crippen LogP contribution in [-0.2, 0) is 26.0 Å². The molecule has 23 heavy (non-hydrogen) atoms. The van der Waals surface area contributed by atoms with Gasteiger partial charge in [0, 0.05) is 31.4 Å². The smallest absolute Gasteiger partial charge is 0.306 e. The molecule has 1 aliphatic rings. The molecule has 2 rings (SSSR count). The molecule has 0 bridgehead atoms. The van der Waals surface area contributed by atoms with Gasteiger partial charge in [0.15, 0.2) is 0 Å². The molecule has 0 atom stereocenters. The quantitative estimate of drug-likeness (QED) is 0.785. The van der Waals surface area contributed by atoms with E-state index in [0.717, 1.165) is 4.88 Å². The second-order valence-electron chi connectivity index (χ2n) is 5.47. The number of thiophene rings is 1. The molecule has 2 heterocycles. The van der Waals surface area contributed by atoms with Gasteiger partial charge < -0.3 is 10.4 Å². The molecule has 1 aromatic heterocycles. The first kappa shape index (κ1) is 17.9. The number of carboxylic acids is 1. The maximum Gasteiger partial charge on any atom is 0.306 e. The monoisotopic (exact) mass is 360 g/mol. The number of carbonyl (C=O) groups is 2. The van der Waals surface area contributed by atoms with Crippen LogP contribution in [-0.4, -0.2) is 49.3 Å². The minimum absolute atomic E-state index is 0.115. The van der Waals surface area contributed by atoms with Gasteiger partial charge in [-0.3, -0.25) is 9.59 Å². The molecular formula is C14H20N2O5S2. The summed E-state index contributed by atoms with van der Waals surface area (Å²) in [6.07, 6.45) is 1.27. The van der Waals surface area contributed by atoms with E-state index in [1.165, 1.54) is 22.6 Å². The van der Waals surface area contributed by atoms with Crippen molar-refractivity contribution in [2.75, 3.05) is 19.6 Å². The molecule has 0 spiro atoms. The first-order chi connectivity index (χ1) is 10.8. The summed E-state index contributed by atoms with van der Waals surface area (Å²) in [6.45, 7) is 2.38. The van der Waals surface area contributed by atoms with Crippen LogP contribution < -0.4 is 5.32 Å². The number of sulfonamides is 1. The summed E-state index contributed by atoms with van der Waals surface area (Å²) in [5.74, 6) is -1.44. The lowest BCUT2D eigenvalue weighted by Gasteiger charge is -2.28. The number of carboxylic acid groups (broad SMARTS) is 1. The van der Waals surface area contributed by atoms with Gasteiger partial charge in [-0.05, 0) is 31.4 Å². The van der Waals surface area contributed by atoms with Crippen LogP contribution in [0.15, 0.2) is 16.3 Å². The van der Waals surface area contributed by atoms with Gasteiger partial charge in [-0.25, -0.2) is 8.42 Å². The summed E-state index contributed by atoms with van der Waals surface area (Å²) in [4.78, 5) is 22.7. The normalized spacial score (nSPS) is 17.1. The number of nitrogens with zero attached hydrogens (tertiary/aromatic N) is 1. The molecule has 1 saturated heterocycles. The van der Waals surface area contributed by atoms with Crippen LogP contribution in [0.3, 0.4) is 0 Å². The highest BCUT2D eigenvalue weighted by Gasteiger charge is 2.32. The van der Waals surface area contributed by atoms with Gasteiger partial charge >= 0.3 is 5.97 Å². The SMILES string of the molecule is CC(=O)NCCc1ccc(S(=O)(=O)N2CCC(C(=O)O)CC2)s1. The van der Waals surface area contributed by atoms with Crippen molar-refractivity contribution in [3.05, 3.63) is 17.0 Å². The highest BCUT2D eigenvalue weighted by atomic mass is 32.2. The fourth-order valence-electron chi connectivity index (χ4n) is 2.46. The van der Waals surface area contributed by atoms with Crippen LogP contribution in [0.1, 0.15) is 24.6 Å². The van der Waals surface area contributed by atoms with Gasteiger partial charge in [0.1, 0.15) is 4.21 Å². The molecule has 1 aliphatic heterocycles. The second-order valence-corrected chi connectivity index (χ2v) is 8.80. The second kappa shape index (κ2) is 7.41. The van der Waals surface area contributed by atoms with Gasteiger partial charge in [0.25, 0.3) is 10.0 Å². The maximum atomic E-state index is 12.6. The molecule has 0 radical (unpaired) electrons. The molecule has 7 nitrogen and oxygen atoms in total. The third-order valence-corrected chi connectivity index (χ3v) is 7.29. The Balaban J connectivity index is 1.99. The number of piperidine rings is 1. The Bertz CT molecular complexity index is 675. The summed E-state index contributed by atoms with van der Waals surface area (Å²) in [6, 6.07) is 3.33. The van der Waals surface area contributed by atoms with Crippen molar-refractivity contribution in [2.45, 2.75) is 30.4 Å². The molecule has 1 fully saturated rings. The van der Waals surface area contributed by atoms with Crippen LogP contribution in [0, 0.1) is 5.92 Å². The number of nitrogens with one attached hydrogen (secondary N) is 1. The molecule has 2 N–H and O–H groups in total. The zero-order chi connectivity index (χ0) is 17.0. The average Bonchev–Trinajstić information content (AvgIpc) is 2.96. The molecule has 128 valence electrons.